The van der Waals surface area contributed by atoms with Crippen LogP contribution in [-0.4, -0.2) is 35.4 Å². The molecule has 0 aliphatic carbocycles. The highest BCUT2D eigenvalue weighted by Crippen LogP contribution is 2.24. The average molecular weight is 415 g/mol. The SMILES string of the molecule is CCCCCN(Cc1nc(C(=O)OC)cs1)C(=O)c1ccc(Cl)c(Cl)c1. The van der Waals surface area contributed by atoms with Gasteiger partial charge in [-0.05, 0) is 24.6 Å². The van der Waals surface area contributed by atoms with E-state index in [9.17, 15) is 9.59 Å². The first-order chi connectivity index (χ1) is 12.5. The highest BCUT2D eigenvalue weighted by Gasteiger charge is 2.19. The first-order valence-corrected chi connectivity index (χ1v) is 9.86. The number of benzene rings is 1. The fraction of sp³-hybridized carbons (Fsp3) is 0.389. The van der Waals surface area contributed by atoms with E-state index in [-0.39, 0.29) is 11.6 Å². The van der Waals surface area contributed by atoms with E-state index >= 15 is 0 Å². The van der Waals surface area contributed by atoms with Gasteiger partial charge in [-0.2, -0.15) is 0 Å². The lowest BCUT2D eigenvalue weighted by molar-refractivity contribution is 0.0594. The summed E-state index contributed by atoms with van der Waals surface area (Å²) in [5, 5.41) is 3.06. The Morgan fingerprint density at radius 2 is 2.00 bits per heavy atom. The number of hydrogen-bond donors (Lipinski definition) is 0. The van der Waals surface area contributed by atoms with Crippen LogP contribution in [0.15, 0.2) is 23.6 Å². The molecule has 0 N–H and O–H groups in total. The summed E-state index contributed by atoms with van der Waals surface area (Å²) in [5.41, 5.74) is 0.726. The largest absolute Gasteiger partial charge is 0.464 e. The maximum atomic E-state index is 12.9. The van der Waals surface area contributed by atoms with Gasteiger partial charge < -0.3 is 9.64 Å². The van der Waals surface area contributed by atoms with Gasteiger partial charge in [-0.1, -0.05) is 43.0 Å². The molecule has 0 aliphatic rings. The molecule has 26 heavy (non-hydrogen) atoms. The monoisotopic (exact) mass is 414 g/mol. The molecular formula is C18H20Cl2N2O3S. The summed E-state index contributed by atoms with van der Waals surface area (Å²) in [5.74, 6) is -0.629. The van der Waals surface area contributed by atoms with E-state index in [4.69, 9.17) is 23.2 Å². The molecule has 0 radical (unpaired) electrons. The van der Waals surface area contributed by atoms with Crippen LogP contribution in [-0.2, 0) is 11.3 Å². The van der Waals surface area contributed by atoms with Crippen molar-refractivity contribution in [2.24, 2.45) is 0 Å². The van der Waals surface area contributed by atoms with E-state index in [0.29, 0.717) is 33.7 Å². The van der Waals surface area contributed by atoms with Gasteiger partial charge in [-0.15, -0.1) is 11.3 Å². The quantitative estimate of drug-likeness (QED) is 0.446. The third-order valence-corrected chi connectivity index (χ3v) is 5.33. The van der Waals surface area contributed by atoms with Gasteiger partial charge in [0.2, 0.25) is 0 Å². The molecule has 1 heterocycles. The Hall–Kier alpha value is -1.63. The summed E-state index contributed by atoms with van der Waals surface area (Å²) < 4.78 is 4.67. The lowest BCUT2D eigenvalue weighted by Crippen LogP contribution is -2.31. The molecule has 0 saturated heterocycles. The summed E-state index contributed by atoms with van der Waals surface area (Å²) in [6.45, 7) is 3.03. The fourth-order valence-electron chi connectivity index (χ4n) is 2.36. The number of unbranched alkanes of at least 4 members (excludes halogenated alkanes) is 2. The minimum Gasteiger partial charge on any atom is -0.464 e. The van der Waals surface area contributed by atoms with Crippen molar-refractivity contribution in [2.75, 3.05) is 13.7 Å². The maximum absolute atomic E-state index is 12.9. The molecule has 1 aromatic heterocycles. The predicted molar refractivity (Wildman–Crippen MR) is 104 cm³/mol. The Kier molecular flexibility index (Phi) is 7.87. The zero-order valence-electron chi connectivity index (χ0n) is 14.6. The molecule has 0 atom stereocenters. The van der Waals surface area contributed by atoms with Gasteiger partial charge in [0.25, 0.3) is 5.91 Å². The van der Waals surface area contributed by atoms with Crippen LogP contribution in [0.3, 0.4) is 0 Å². The first-order valence-electron chi connectivity index (χ1n) is 8.23. The van der Waals surface area contributed by atoms with Gasteiger partial charge in [0.1, 0.15) is 5.01 Å². The maximum Gasteiger partial charge on any atom is 0.357 e. The smallest absolute Gasteiger partial charge is 0.357 e. The number of halogens is 2. The van der Waals surface area contributed by atoms with Crippen LogP contribution < -0.4 is 0 Å². The molecule has 2 aromatic rings. The predicted octanol–water partition coefficient (Wildman–Crippen LogP) is 5.07. The zero-order valence-corrected chi connectivity index (χ0v) is 17.0. The molecular weight excluding hydrogens is 395 g/mol. The topological polar surface area (TPSA) is 59.5 Å². The number of thiazole rings is 1. The van der Waals surface area contributed by atoms with E-state index in [1.165, 1.54) is 18.4 Å². The number of hydrogen-bond acceptors (Lipinski definition) is 5. The highest BCUT2D eigenvalue weighted by molar-refractivity contribution is 7.09. The Labute approximate surface area is 166 Å². The summed E-state index contributed by atoms with van der Waals surface area (Å²) in [4.78, 5) is 30.5. The number of ether oxygens (including phenoxy) is 1. The summed E-state index contributed by atoms with van der Waals surface area (Å²) >= 11 is 13.3. The van der Waals surface area contributed by atoms with Crippen LogP contribution >= 0.6 is 34.5 Å². The molecule has 1 aromatic carbocycles. The van der Waals surface area contributed by atoms with Crippen molar-refractivity contribution in [3.8, 4) is 0 Å². The van der Waals surface area contributed by atoms with Crippen LogP contribution in [0.1, 0.15) is 52.0 Å². The number of rotatable bonds is 8. The molecule has 0 fully saturated rings. The van der Waals surface area contributed by atoms with E-state index in [0.717, 1.165) is 19.3 Å². The lowest BCUT2D eigenvalue weighted by atomic mass is 10.1. The minimum atomic E-state index is -0.485. The van der Waals surface area contributed by atoms with Gasteiger partial charge in [0, 0.05) is 17.5 Å². The fourth-order valence-corrected chi connectivity index (χ4v) is 3.44. The molecule has 2 rings (SSSR count). The van der Waals surface area contributed by atoms with Crippen LogP contribution in [0.2, 0.25) is 10.0 Å². The Morgan fingerprint density at radius 1 is 1.23 bits per heavy atom. The number of carbonyl (C=O) groups is 2. The van der Waals surface area contributed by atoms with Crippen LogP contribution in [0.5, 0.6) is 0 Å². The van der Waals surface area contributed by atoms with E-state index in [1.54, 1.807) is 28.5 Å². The number of nitrogens with zero attached hydrogens (tertiary/aromatic N) is 2. The van der Waals surface area contributed by atoms with Gasteiger partial charge in [0.15, 0.2) is 5.69 Å². The highest BCUT2D eigenvalue weighted by atomic mass is 35.5. The van der Waals surface area contributed by atoms with Crippen molar-refractivity contribution >= 4 is 46.4 Å². The molecule has 0 aliphatic heterocycles. The van der Waals surface area contributed by atoms with Crippen molar-refractivity contribution in [1.82, 2.24) is 9.88 Å². The van der Waals surface area contributed by atoms with Crippen molar-refractivity contribution in [3.05, 3.63) is 49.9 Å². The zero-order chi connectivity index (χ0) is 19.1. The Bertz CT molecular complexity index is 780. The molecule has 8 heteroatoms. The second-order valence-corrected chi connectivity index (χ2v) is 7.44. The van der Waals surface area contributed by atoms with E-state index in [1.807, 2.05) is 0 Å². The second-order valence-electron chi connectivity index (χ2n) is 5.68. The third kappa shape index (κ3) is 5.43. The van der Waals surface area contributed by atoms with Gasteiger partial charge in [-0.25, -0.2) is 9.78 Å². The number of carbonyl (C=O) groups excluding carboxylic acids is 2. The molecule has 140 valence electrons. The van der Waals surface area contributed by atoms with Gasteiger partial charge >= 0.3 is 5.97 Å². The standard InChI is InChI=1S/C18H20Cl2N2O3S/c1-3-4-5-8-22(10-16-21-15(11-26-16)18(24)25-2)17(23)12-6-7-13(19)14(20)9-12/h6-7,9,11H,3-5,8,10H2,1-2H3. The second kappa shape index (κ2) is 9.90. The molecule has 1 amide bonds. The van der Waals surface area contributed by atoms with E-state index < -0.39 is 5.97 Å². The van der Waals surface area contributed by atoms with Crippen LogP contribution in [0.25, 0.3) is 0 Å². The molecule has 0 saturated carbocycles. The van der Waals surface area contributed by atoms with Crippen molar-refractivity contribution < 1.29 is 14.3 Å². The summed E-state index contributed by atoms with van der Waals surface area (Å²) in [7, 11) is 1.31. The van der Waals surface area contributed by atoms with Crippen molar-refractivity contribution in [2.45, 2.75) is 32.7 Å². The molecule has 5 nitrogen and oxygen atoms in total. The Morgan fingerprint density at radius 3 is 2.65 bits per heavy atom. The van der Waals surface area contributed by atoms with Crippen molar-refractivity contribution in [3.63, 3.8) is 0 Å². The summed E-state index contributed by atoms with van der Waals surface area (Å²) in [6, 6.07) is 4.84. The number of aromatic nitrogens is 1. The van der Waals surface area contributed by atoms with Crippen molar-refractivity contribution in [1.29, 1.82) is 0 Å². The van der Waals surface area contributed by atoms with E-state index in [2.05, 4.69) is 16.6 Å². The normalized spacial score (nSPS) is 10.6. The van der Waals surface area contributed by atoms with Gasteiger partial charge in [0.05, 0.1) is 23.7 Å². The first kappa shape index (κ1) is 20.7. The lowest BCUT2D eigenvalue weighted by Gasteiger charge is -2.22. The van der Waals surface area contributed by atoms with Gasteiger partial charge in [-0.3, -0.25) is 4.79 Å². The minimum absolute atomic E-state index is 0.144. The van der Waals surface area contributed by atoms with Crippen LogP contribution in [0.4, 0.5) is 0 Å². The van der Waals surface area contributed by atoms with Crippen LogP contribution in [0, 0.1) is 0 Å². The average Bonchev–Trinajstić information content (AvgIpc) is 3.10. The number of amides is 1. The molecule has 0 bridgehead atoms. The third-order valence-electron chi connectivity index (χ3n) is 3.76. The Balaban J connectivity index is 2.18. The summed E-state index contributed by atoms with van der Waals surface area (Å²) in [6.07, 6.45) is 2.97. The molecule has 0 spiro atoms. The number of methoxy groups -OCH3 is 1. The molecule has 0 unspecified atom stereocenters. The number of esters is 1.